The fraction of sp³-hybridized carbons (Fsp3) is 0.867. The summed E-state index contributed by atoms with van der Waals surface area (Å²) in [4.78, 5) is 0. The second kappa shape index (κ2) is 8.26. The Morgan fingerprint density at radius 3 is 2.38 bits per heavy atom. The zero-order valence-corrected chi connectivity index (χ0v) is 22.1. The van der Waals surface area contributed by atoms with Crippen molar-refractivity contribution in [2.24, 2.45) is 39.4 Å². The molecule has 32 heavy (non-hydrogen) atoms. The molecule has 0 saturated heterocycles. The molecule has 2 fully saturated rings. The van der Waals surface area contributed by atoms with Crippen LogP contribution in [-0.2, 0) is 0 Å². The van der Waals surface area contributed by atoms with E-state index >= 15 is 0 Å². The highest BCUT2D eigenvalue weighted by Crippen LogP contribution is 2.72. The molecule has 0 amide bonds. The summed E-state index contributed by atoms with van der Waals surface area (Å²) >= 11 is 0. The van der Waals surface area contributed by atoms with Gasteiger partial charge >= 0.3 is 0 Å². The van der Waals surface area contributed by atoms with Crippen molar-refractivity contribution in [3.8, 4) is 0 Å². The van der Waals surface area contributed by atoms with Gasteiger partial charge in [-0.25, -0.2) is 0 Å². The van der Waals surface area contributed by atoms with Crippen LogP contribution in [0.3, 0.4) is 0 Å². The summed E-state index contributed by atoms with van der Waals surface area (Å²) in [5.41, 5.74) is 5.19. The molecule has 7 atom stereocenters. The molecule has 0 spiro atoms. The molecule has 0 aromatic heterocycles. The largest absolute Gasteiger partial charge is 0.395 e. The third-order valence-electron chi connectivity index (χ3n) is 11.6. The Kier molecular flexibility index (Phi) is 6.33. The van der Waals surface area contributed by atoms with Gasteiger partial charge in [0.15, 0.2) is 0 Å². The number of aliphatic hydroxyl groups excluding tert-OH is 2. The van der Waals surface area contributed by atoms with E-state index in [0.717, 1.165) is 19.3 Å². The molecule has 1 unspecified atom stereocenters. The van der Waals surface area contributed by atoms with Crippen LogP contribution in [0.4, 0.5) is 0 Å². The van der Waals surface area contributed by atoms with Crippen molar-refractivity contribution in [3.63, 3.8) is 0 Å². The first-order chi connectivity index (χ1) is 14.9. The number of hydrogen-bond acceptors (Lipinski definition) is 2. The van der Waals surface area contributed by atoms with Gasteiger partial charge < -0.3 is 10.2 Å². The molecule has 2 heteroatoms. The van der Waals surface area contributed by atoms with E-state index in [2.05, 4.69) is 54.5 Å². The van der Waals surface area contributed by atoms with E-state index in [1.165, 1.54) is 50.5 Å². The van der Waals surface area contributed by atoms with Crippen molar-refractivity contribution in [2.45, 2.75) is 119 Å². The van der Waals surface area contributed by atoms with Gasteiger partial charge in [-0.3, -0.25) is 0 Å². The lowest BCUT2D eigenvalue weighted by molar-refractivity contribution is -0.0997. The number of aliphatic hydroxyl groups is 2. The minimum absolute atomic E-state index is 0.00971. The summed E-state index contributed by atoms with van der Waals surface area (Å²) < 4.78 is 0. The van der Waals surface area contributed by atoms with Gasteiger partial charge in [-0.15, -0.1) is 0 Å². The maximum Gasteiger partial charge on any atom is 0.0594 e. The maximum atomic E-state index is 11.0. The molecule has 0 aromatic rings. The Labute approximate surface area is 198 Å². The Morgan fingerprint density at radius 2 is 1.72 bits per heavy atom. The summed E-state index contributed by atoms with van der Waals surface area (Å²) in [5.74, 6) is 1.98. The maximum absolute atomic E-state index is 11.0. The number of fused-ring (bicyclic) bond motifs is 4. The van der Waals surface area contributed by atoms with Gasteiger partial charge in [-0.2, -0.15) is 0 Å². The molecule has 182 valence electrons. The van der Waals surface area contributed by atoms with E-state index in [-0.39, 0.29) is 27.8 Å². The molecule has 0 heterocycles. The predicted molar refractivity (Wildman–Crippen MR) is 134 cm³/mol. The average Bonchev–Trinajstić information content (AvgIpc) is 3.04. The summed E-state index contributed by atoms with van der Waals surface area (Å²) in [6.07, 6.45) is 13.9. The zero-order chi connectivity index (χ0) is 23.5. The smallest absolute Gasteiger partial charge is 0.0594 e. The molecular weight excluding hydrogens is 392 g/mol. The molecule has 4 aliphatic carbocycles. The average molecular weight is 443 g/mol. The van der Waals surface area contributed by atoms with E-state index in [1.807, 2.05) is 0 Å². The fourth-order valence-electron chi connectivity index (χ4n) is 9.61. The molecular formula is C30H50O2. The van der Waals surface area contributed by atoms with Gasteiger partial charge in [-0.05, 0) is 112 Å². The third kappa shape index (κ3) is 3.33. The quantitative estimate of drug-likeness (QED) is 0.434. The lowest BCUT2D eigenvalue weighted by atomic mass is 9.43. The molecule has 4 aliphatic rings. The number of allylic oxidation sites excluding steroid dienone is 3. The van der Waals surface area contributed by atoms with Crippen molar-refractivity contribution >= 4 is 0 Å². The summed E-state index contributed by atoms with van der Waals surface area (Å²) in [7, 11) is 0. The molecule has 2 saturated carbocycles. The van der Waals surface area contributed by atoms with Crippen molar-refractivity contribution in [1.29, 1.82) is 0 Å². The first kappa shape index (κ1) is 24.5. The second-order valence-corrected chi connectivity index (χ2v) is 13.5. The summed E-state index contributed by atoms with van der Waals surface area (Å²) in [6.45, 7) is 16.9. The van der Waals surface area contributed by atoms with Gasteiger partial charge in [0.05, 0.1) is 12.7 Å². The highest BCUT2D eigenvalue weighted by Gasteiger charge is 2.64. The van der Waals surface area contributed by atoms with Crippen LogP contribution in [0.2, 0.25) is 0 Å². The number of hydrogen-bond donors (Lipinski definition) is 2. The lowest BCUT2D eigenvalue weighted by Crippen LogP contribution is -2.56. The minimum atomic E-state index is -0.180. The predicted octanol–water partition coefficient (Wildman–Crippen LogP) is 7.45. The highest BCUT2D eigenvalue weighted by molar-refractivity contribution is 5.39. The van der Waals surface area contributed by atoms with E-state index in [9.17, 15) is 10.2 Å². The fourth-order valence-corrected chi connectivity index (χ4v) is 9.61. The zero-order valence-electron chi connectivity index (χ0n) is 22.1. The van der Waals surface area contributed by atoms with Gasteiger partial charge in [0, 0.05) is 5.41 Å². The molecule has 0 aromatic carbocycles. The van der Waals surface area contributed by atoms with Crippen LogP contribution in [-0.4, -0.2) is 22.9 Å². The van der Waals surface area contributed by atoms with E-state index in [1.54, 1.807) is 11.1 Å². The summed E-state index contributed by atoms with van der Waals surface area (Å²) in [5, 5.41) is 21.9. The highest BCUT2D eigenvalue weighted by atomic mass is 16.3. The van der Waals surface area contributed by atoms with Crippen LogP contribution in [0.25, 0.3) is 0 Å². The topological polar surface area (TPSA) is 40.5 Å². The second-order valence-electron chi connectivity index (χ2n) is 13.5. The summed E-state index contributed by atoms with van der Waals surface area (Å²) in [6, 6.07) is 0. The molecule has 0 bridgehead atoms. The third-order valence-corrected chi connectivity index (χ3v) is 11.6. The van der Waals surface area contributed by atoms with Crippen LogP contribution >= 0.6 is 0 Å². The SMILES string of the molecule is CC(C)=CCC[C@@H](C)[C@H]1CC[C@@]2(CO)C3=C(CC[C@]12C)[C@@]1(C)CC[C@H](O)C(C)(C)C1CC3. The van der Waals surface area contributed by atoms with Gasteiger partial charge in [0.2, 0.25) is 0 Å². The Hall–Kier alpha value is -0.600. The van der Waals surface area contributed by atoms with Crippen LogP contribution < -0.4 is 0 Å². The Morgan fingerprint density at radius 1 is 1.00 bits per heavy atom. The number of rotatable bonds is 5. The van der Waals surface area contributed by atoms with Crippen LogP contribution in [0.5, 0.6) is 0 Å². The molecule has 2 nitrogen and oxygen atoms in total. The minimum Gasteiger partial charge on any atom is -0.395 e. The molecule has 4 rings (SSSR count). The van der Waals surface area contributed by atoms with Crippen molar-refractivity contribution in [1.82, 2.24) is 0 Å². The first-order valence-corrected chi connectivity index (χ1v) is 13.6. The van der Waals surface area contributed by atoms with Crippen molar-refractivity contribution in [3.05, 3.63) is 22.8 Å². The van der Waals surface area contributed by atoms with Crippen LogP contribution in [0, 0.1) is 39.4 Å². The van der Waals surface area contributed by atoms with Crippen LogP contribution in [0.15, 0.2) is 22.8 Å². The molecule has 2 N–H and O–H groups in total. The Bertz CT molecular complexity index is 787. The first-order valence-electron chi connectivity index (χ1n) is 13.6. The monoisotopic (exact) mass is 442 g/mol. The van der Waals surface area contributed by atoms with Gasteiger partial charge in [0.25, 0.3) is 0 Å². The van der Waals surface area contributed by atoms with Crippen molar-refractivity contribution < 1.29 is 10.2 Å². The molecule has 0 aliphatic heterocycles. The van der Waals surface area contributed by atoms with E-state index in [4.69, 9.17) is 0 Å². The lowest BCUT2D eigenvalue weighted by Gasteiger charge is -2.62. The normalized spacial score (nSPS) is 43.8. The van der Waals surface area contributed by atoms with Crippen LogP contribution in [0.1, 0.15) is 113 Å². The van der Waals surface area contributed by atoms with Gasteiger partial charge in [0.1, 0.15) is 0 Å². The van der Waals surface area contributed by atoms with Crippen molar-refractivity contribution in [2.75, 3.05) is 6.61 Å². The standard InChI is InChI=1S/C30H50O2/c1-20(2)9-8-10-21(3)22-14-18-30(19-31)24-11-12-25-27(4,5)26(32)15-16-28(25,6)23(24)13-17-29(22,30)7/h9,21-22,25-26,31-32H,8,10-19H2,1-7H3/t21-,22-,25?,26+,28-,29-,30-/m1/s1. The Balaban J connectivity index is 1.69. The van der Waals surface area contributed by atoms with E-state index in [0.29, 0.717) is 24.4 Å². The molecule has 0 radical (unpaired) electrons. The van der Waals surface area contributed by atoms with Gasteiger partial charge in [-0.1, -0.05) is 57.4 Å². The van der Waals surface area contributed by atoms with E-state index < -0.39 is 0 Å².